The topological polar surface area (TPSA) is 204 Å². The van der Waals surface area contributed by atoms with E-state index in [4.69, 9.17) is 19.6 Å². The molecule has 1 aliphatic rings. The Morgan fingerprint density at radius 1 is 1.12 bits per heavy atom. The first-order valence-corrected chi connectivity index (χ1v) is 12.9. The maximum absolute atomic E-state index is 11.4. The molecule has 0 bridgehead atoms. The van der Waals surface area contributed by atoms with Crippen molar-refractivity contribution in [2.75, 3.05) is 36.8 Å². The van der Waals surface area contributed by atoms with Crippen LogP contribution in [0.1, 0.15) is 24.5 Å². The average molecular weight is 566 g/mol. The van der Waals surface area contributed by atoms with E-state index in [1.165, 1.54) is 12.3 Å². The van der Waals surface area contributed by atoms with Crippen molar-refractivity contribution in [2.24, 2.45) is 0 Å². The van der Waals surface area contributed by atoms with Gasteiger partial charge in [-0.1, -0.05) is 0 Å². The number of imidazole rings is 1. The molecule has 5 rings (SSSR count). The number of hydrogen-bond donors (Lipinski definition) is 5. The lowest BCUT2D eigenvalue weighted by Gasteiger charge is -2.32. The number of oxazole rings is 1. The zero-order chi connectivity index (χ0) is 29.2. The largest absolute Gasteiger partial charge is 0.478 e. The van der Waals surface area contributed by atoms with Crippen molar-refractivity contribution in [3.05, 3.63) is 70.9 Å². The van der Waals surface area contributed by atoms with Crippen molar-refractivity contribution in [1.82, 2.24) is 34.4 Å². The maximum atomic E-state index is 11.4. The number of H-pyrrole nitrogens is 1. The van der Waals surface area contributed by atoms with Crippen molar-refractivity contribution >= 4 is 35.0 Å². The fourth-order valence-electron chi connectivity index (χ4n) is 4.27. The Kier molecular flexibility index (Phi) is 9.77. The van der Waals surface area contributed by atoms with Gasteiger partial charge in [0.15, 0.2) is 11.5 Å². The molecule has 0 unspecified atom stereocenters. The van der Waals surface area contributed by atoms with Crippen molar-refractivity contribution in [3.63, 3.8) is 0 Å². The standard InChI is InChI=1S/C22H27N9O2.C4H4O4/c1-15-26-13-17(33-15)14-31-20-18(3-2-7-23-20)28-22(31)27-16-5-10-30(11-6-16)12-9-25-21-24-8-4-19(32)29-21;5-3(6)1-2-4(7)8/h2-4,7-8,13,16H,5-6,9-12,14H2,1H3,(H,27,28)(H2,24,25,29,32);1-2H,(H,5,6)(H,7,8)/b;2-1+. The molecule has 15 nitrogen and oxygen atoms in total. The third-order valence-corrected chi connectivity index (χ3v) is 6.17. The first-order valence-electron chi connectivity index (χ1n) is 12.9. The monoisotopic (exact) mass is 565 g/mol. The molecule has 4 aromatic rings. The SMILES string of the molecule is Cc1ncc(Cn2c(NC3CCN(CCNc4nccc(=O)[nH]4)CC3)nc3cccnc32)o1.O=C(O)/C=C/C(=O)O. The Bertz CT molecular complexity index is 1540. The van der Waals surface area contributed by atoms with Gasteiger partial charge in [0.05, 0.1) is 12.7 Å². The van der Waals surface area contributed by atoms with Gasteiger partial charge in [-0.15, -0.1) is 0 Å². The van der Waals surface area contributed by atoms with Crippen LogP contribution in [0.5, 0.6) is 0 Å². The van der Waals surface area contributed by atoms with E-state index >= 15 is 0 Å². The summed E-state index contributed by atoms with van der Waals surface area (Å²) in [5.74, 6) is 0.218. The number of carboxylic acids is 2. The van der Waals surface area contributed by atoms with Crippen LogP contribution in [-0.2, 0) is 16.1 Å². The number of anilines is 2. The molecule has 1 saturated heterocycles. The summed E-state index contributed by atoms with van der Waals surface area (Å²) in [6.45, 7) is 5.94. The van der Waals surface area contributed by atoms with Gasteiger partial charge < -0.3 is 30.2 Å². The Balaban J connectivity index is 0.000000426. The summed E-state index contributed by atoms with van der Waals surface area (Å²) in [6.07, 6.45) is 8.18. The number of nitrogens with one attached hydrogen (secondary N) is 3. The highest BCUT2D eigenvalue weighted by Crippen LogP contribution is 2.22. The zero-order valence-electron chi connectivity index (χ0n) is 22.4. The Morgan fingerprint density at radius 2 is 1.88 bits per heavy atom. The van der Waals surface area contributed by atoms with Crippen molar-refractivity contribution < 1.29 is 24.2 Å². The minimum atomic E-state index is -1.26. The molecule has 41 heavy (non-hydrogen) atoms. The Hall–Kier alpha value is -5.05. The van der Waals surface area contributed by atoms with Gasteiger partial charge in [-0.25, -0.2) is 29.5 Å². The van der Waals surface area contributed by atoms with Gasteiger partial charge >= 0.3 is 11.9 Å². The molecule has 0 aliphatic carbocycles. The van der Waals surface area contributed by atoms with Crippen LogP contribution in [0, 0.1) is 6.92 Å². The predicted octanol–water partition coefficient (Wildman–Crippen LogP) is 1.56. The number of aromatic amines is 1. The van der Waals surface area contributed by atoms with Crippen LogP contribution in [0.2, 0.25) is 0 Å². The molecule has 0 aromatic carbocycles. The number of fused-ring (bicyclic) bond motifs is 1. The molecule has 0 spiro atoms. The summed E-state index contributed by atoms with van der Waals surface area (Å²) in [5.41, 5.74) is 1.52. The summed E-state index contributed by atoms with van der Waals surface area (Å²) >= 11 is 0. The molecule has 15 heteroatoms. The van der Waals surface area contributed by atoms with Gasteiger partial charge in [0.2, 0.25) is 11.9 Å². The lowest BCUT2D eigenvalue weighted by atomic mass is 10.1. The molecular formula is C26H31N9O6. The second-order valence-corrected chi connectivity index (χ2v) is 9.19. The van der Waals surface area contributed by atoms with Gasteiger partial charge in [-0.2, -0.15) is 0 Å². The molecule has 216 valence electrons. The summed E-state index contributed by atoms with van der Waals surface area (Å²) in [5, 5.41) is 22.4. The van der Waals surface area contributed by atoms with E-state index in [2.05, 4.69) is 40.0 Å². The zero-order valence-corrected chi connectivity index (χ0v) is 22.4. The van der Waals surface area contributed by atoms with Crippen molar-refractivity contribution in [2.45, 2.75) is 32.4 Å². The summed E-state index contributed by atoms with van der Waals surface area (Å²) in [7, 11) is 0. The number of carboxylic acid groups (broad SMARTS) is 2. The molecule has 5 N–H and O–H groups in total. The van der Waals surface area contributed by atoms with E-state index in [-0.39, 0.29) is 5.56 Å². The van der Waals surface area contributed by atoms with Crippen LogP contribution in [-0.4, -0.2) is 88.8 Å². The fraction of sp³-hybridized carbons (Fsp3) is 0.346. The molecular weight excluding hydrogens is 534 g/mol. The van der Waals surface area contributed by atoms with Gasteiger partial charge in [0.25, 0.3) is 5.56 Å². The Morgan fingerprint density at radius 3 is 2.54 bits per heavy atom. The van der Waals surface area contributed by atoms with Crippen molar-refractivity contribution in [1.29, 1.82) is 0 Å². The summed E-state index contributed by atoms with van der Waals surface area (Å²) in [6, 6.07) is 5.60. The maximum Gasteiger partial charge on any atom is 0.328 e. The highest BCUT2D eigenvalue weighted by molar-refractivity contribution is 5.89. The molecule has 0 amide bonds. The highest BCUT2D eigenvalue weighted by atomic mass is 16.4. The minimum absolute atomic E-state index is 0.154. The molecule has 4 aromatic heterocycles. The lowest BCUT2D eigenvalue weighted by molar-refractivity contribution is -0.134. The minimum Gasteiger partial charge on any atom is -0.478 e. The number of aliphatic carboxylic acids is 2. The third-order valence-electron chi connectivity index (χ3n) is 6.17. The van der Waals surface area contributed by atoms with E-state index in [1.807, 2.05) is 19.1 Å². The number of aryl methyl sites for hydroxylation is 1. The Labute approximate surface area is 234 Å². The van der Waals surface area contributed by atoms with Gasteiger partial charge in [0, 0.05) is 69.8 Å². The molecule has 0 atom stereocenters. The number of nitrogens with zero attached hydrogens (tertiary/aromatic N) is 6. The number of hydrogen-bond acceptors (Lipinski definition) is 11. The first kappa shape index (κ1) is 28.9. The second-order valence-electron chi connectivity index (χ2n) is 9.19. The van der Waals surface area contributed by atoms with E-state index in [0.717, 1.165) is 61.9 Å². The van der Waals surface area contributed by atoms with Gasteiger partial charge in [0.1, 0.15) is 11.3 Å². The molecule has 0 radical (unpaired) electrons. The molecule has 0 saturated carbocycles. The fourth-order valence-corrected chi connectivity index (χ4v) is 4.27. The van der Waals surface area contributed by atoms with E-state index in [9.17, 15) is 14.4 Å². The number of carbonyl (C=O) groups is 2. The number of piperidine rings is 1. The summed E-state index contributed by atoms with van der Waals surface area (Å²) < 4.78 is 7.74. The van der Waals surface area contributed by atoms with Crippen LogP contribution in [0.3, 0.4) is 0 Å². The second kappa shape index (κ2) is 13.8. The van der Waals surface area contributed by atoms with E-state index in [0.29, 0.717) is 36.6 Å². The number of rotatable bonds is 10. The third kappa shape index (κ3) is 8.72. The van der Waals surface area contributed by atoms with Gasteiger partial charge in [-0.3, -0.25) is 14.3 Å². The summed E-state index contributed by atoms with van der Waals surface area (Å²) in [4.78, 5) is 53.2. The van der Waals surface area contributed by atoms with E-state index in [1.54, 1.807) is 12.4 Å². The molecule has 1 aliphatic heterocycles. The van der Waals surface area contributed by atoms with Crippen LogP contribution in [0.15, 0.2) is 58.2 Å². The number of likely N-dealkylation sites (tertiary alicyclic amines) is 1. The predicted molar refractivity (Wildman–Crippen MR) is 149 cm³/mol. The quantitative estimate of drug-likeness (QED) is 0.173. The van der Waals surface area contributed by atoms with Crippen molar-refractivity contribution in [3.8, 4) is 0 Å². The van der Waals surface area contributed by atoms with Crippen LogP contribution >= 0.6 is 0 Å². The molecule has 5 heterocycles. The van der Waals surface area contributed by atoms with Crippen LogP contribution in [0.25, 0.3) is 11.2 Å². The first-order chi connectivity index (χ1) is 19.8. The average Bonchev–Trinajstić information content (AvgIpc) is 3.51. The normalized spacial score (nSPS) is 14.1. The van der Waals surface area contributed by atoms with E-state index < -0.39 is 11.9 Å². The number of aromatic nitrogens is 6. The van der Waals surface area contributed by atoms with Gasteiger partial charge in [-0.05, 0) is 25.0 Å². The number of pyridine rings is 1. The van der Waals surface area contributed by atoms with Crippen LogP contribution in [0.4, 0.5) is 11.9 Å². The lowest BCUT2D eigenvalue weighted by Crippen LogP contribution is -2.41. The highest BCUT2D eigenvalue weighted by Gasteiger charge is 2.22. The van der Waals surface area contributed by atoms with Crippen LogP contribution < -0.4 is 16.2 Å². The molecule has 1 fully saturated rings. The smallest absolute Gasteiger partial charge is 0.328 e.